The van der Waals surface area contributed by atoms with Crippen LogP contribution in [0.3, 0.4) is 0 Å². The summed E-state index contributed by atoms with van der Waals surface area (Å²) in [5.41, 5.74) is 0. The number of likely N-dealkylation sites (tertiary alicyclic amines) is 1. The number of carbonyl (C=O) groups excluding carboxylic acids is 1. The van der Waals surface area contributed by atoms with Gasteiger partial charge in [0.15, 0.2) is 0 Å². The normalized spacial score (nSPS) is 34.1. The van der Waals surface area contributed by atoms with Crippen LogP contribution < -0.4 is 5.32 Å². The molecule has 2 aliphatic rings. The van der Waals surface area contributed by atoms with Gasteiger partial charge < -0.3 is 10.2 Å². The zero-order valence-corrected chi connectivity index (χ0v) is 7.63. The van der Waals surface area contributed by atoms with E-state index >= 15 is 0 Å². The summed E-state index contributed by atoms with van der Waals surface area (Å²) in [6, 6.07) is 0. The summed E-state index contributed by atoms with van der Waals surface area (Å²) in [6.07, 6.45) is 0.636. The largest absolute Gasteiger partial charge is 0.339 e. The van der Waals surface area contributed by atoms with Gasteiger partial charge in [-0.1, -0.05) is 0 Å². The van der Waals surface area contributed by atoms with Gasteiger partial charge in [-0.15, -0.1) is 0 Å². The molecule has 2 atom stereocenters. The van der Waals surface area contributed by atoms with Gasteiger partial charge in [-0.25, -0.2) is 4.39 Å². The summed E-state index contributed by atoms with van der Waals surface area (Å²) in [4.78, 5) is 13.4. The van der Waals surface area contributed by atoms with E-state index in [1.54, 1.807) is 4.90 Å². The molecular weight excluding hydrogens is 171 g/mol. The minimum atomic E-state index is -0.793. The Bertz CT molecular complexity index is 204. The lowest BCUT2D eigenvalue weighted by Gasteiger charge is -2.18. The van der Waals surface area contributed by atoms with Crippen molar-refractivity contribution in [1.29, 1.82) is 0 Å². The molecule has 2 aliphatic heterocycles. The van der Waals surface area contributed by atoms with E-state index in [9.17, 15) is 9.18 Å². The van der Waals surface area contributed by atoms with Crippen molar-refractivity contribution in [3.05, 3.63) is 0 Å². The monoisotopic (exact) mass is 186 g/mol. The number of halogens is 1. The molecular formula is C9H15FN2O. The maximum atomic E-state index is 12.8. The summed E-state index contributed by atoms with van der Waals surface area (Å²) in [7, 11) is 0. The smallest absolute Gasteiger partial charge is 0.227 e. The average molecular weight is 186 g/mol. The first-order chi connectivity index (χ1) is 6.27. The molecule has 0 aromatic heterocycles. The number of nitrogens with one attached hydrogen (secondary N) is 1. The summed E-state index contributed by atoms with van der Waals surface area (Å²) in [5, 5.41) is 3.15. The number of rotatable bonds is 1. The van der Waals surface area contributed by atoms with Gasteiger partial charge in [-0.3, -0.25) is 4.79 Å². The van der Waals surface area contributed by atoms with E-state index in [-0.39, 0.29) is 11.8 Å². The Kier molecular flexibility index (Phi) is 2.49. The van der Waals surface area contributed by atoms with Gasteiger partial charge in [0.2, 0.25) is 5.91 Å². The Morgan fingerprint density at radius 1 is 1.46 bits per heavy atom. The Labute approximate surface area is 77.3 Å². The summed E-state index contributed by atoms with van der Waals surface area (Å²) in [5.74, 6) is 0.246. The molecule has 13 heavy (non-hydrogen) atoms. The maximum Gasteiger partial charge on any atom is 0.227 e. The first-order valence-corrected chi connectivity index (χ1v) is 4.91. The molecule has 0 spiro atoms. The second-order valence-electron chi connectivity index (χ2n) is 3.86. The molecule has 74 valence electrons. The molecule has 0 unspecified atom stereocenters. The van der Waals surface area contributed by atoms with Crippen LogP contribution in [0.2, 0.25) is 0 Å². The van der Waals surface area contributed by atoms with Crippen molar-refractivity contribution in [1.82, 2.24) is 10.2 Å². The molecule has 2 fully saturated rings. The molecule has 2 rings (SSSR count). The van der Waals surface area contributed by atoms with Crippen molar-refractivity contribution < 1.29 is 9.18 Å². The van der Waals surface area contributed by atoms with Crippen LogP contribution in [0, 0.1) is 5.92 Å². The number of nitrogens with zero attached hydrogens (tertiary/aromatic N) is 1. The van der Waals surface area contributed by atoms with E-state index in [2.05, 4.69) is 5.32 Å². The van der Waals surface area contributed by atoms with Crippen molar-refractivity contribution in [2.45, 2.75) is 19.0 Å². The molecule has 1 amide bonds. The van der Waals surface area contributed by atoms with Crippen LogP contribution in [-0.4, -0.2) is 43.2 Å². The maximum absolute atomic E-state index is 12.8. The van der Waals surface area contributed by atoms with Gasteiger partial charge in [0.1, 0.15) is 6.17 Å². The predicted octanol–water partition coefficient (Wildman–Crippen LogP) is 0.166. The highest BCUT2D eigenvalue weighted by atomic mass is 19.1. The topological polar surface area (TPSA) is 32.3 Å². The lowest BCUT2D eigenvalue weighted by atomic mass is 10.1. The van der Waals surface area contributed by atoms with Gasteiger partial charge in [0.05, 0.1) is 12.5 Å². The third kappa shape index (κ3) is 1.82. The van der Waals surface area contributed by atoms with E-state index in [0.29, 0.717) is 19.5 Å². The van der Waals surface area contributed by atoms with Crippen LogP contribution in [0.5, 0.6) is 0 Å². The van der Waals surface area contributed by atoms with Crippen LogP contribution in [-0.2, 0) is 4.79 Å². The molecule has 4 heteroatoms. The highest BCUT2D eigenvalue weighted by Gasteiger charge is 2.31. The fraction of sp³-hybridized carbons (Fsp3) is 0.889. The zero-order valence-electron chi connectivity index (χ0n) is 7.63. The Hall–Kier alpha value is -0.640. The third-order valence-electron chi connectivity index (χ3n) is 2.85. The number of hydrogen-bond donors (Lipinski definition) is 1. The standard InChI is InChI=1S/C9H15FN2O/c10-8-2-4-12(6-8)9(13)7-1-3-11-5-7/h7-8,11H,1-6H2/t7-,8+/m1/s1. The van der Waals surface area contributed by atoms with E-state index in [0.717, 1.165) is 19.5 Å². The third-order valence-corrected chi connectivity index (χ3v) is 2.85. The number of amides is 1. The van der Waals surface area contributed by atoms with Gasteiger partial charge in [0.25, 0.3) is 0 Å². The van der Waals surface area contributed by atoms with Crippen LogP contribution in [0.15, 0.2) is 0 Å². The summed E-state index contributed by atoms with van der Waals surface area (Å²) < 4.78 is 12.8. The Balaban J connectivity index is 1.89. The average Bonchev–Trinajstić information content (AvgIpc) is 2.72. The fourth-order valence-corrected chi connectivity index (χ4v) is 2.04. The first-order valence-electron chi connectivity index (χ1n) is 4.91. The molecule has 2 saturated heterocycles. The minimum Gasteiger partial charge on any atom is -0.339 e. The molecule has 0 aromatic rings. The van der Waals surface area contributed by atoms with Gasteiger partial charge >= 0.3 is 0 Å². The molecule has 1 N–H and O–H groups in total. The van der Waals surface area contributed by atoms with E-state index in [1.807, 2.05) is 0 Å². The molecule has 0 aromatic carbocycles. The van der Waals surface area contributed by atoms with Crippen LogP contribution in [0.25, 0.3) is 0 Å². The fourth-order valence-electron chi connectivity index (χ4n) is 2.04. The van der Waals surface area contributed by atoms with E-state index in [4.69, 9.17) is 0 Å². The zero-order chi connectivity index (χ0) is 9.26. The van der Waals surface area contributed by atoms with Crippen molar-refractivity contribution in [2.24, 2.45) is 5.92 Å². The van der Waals surface area contributed by atoms with Crippen LogP contribution in [0.1, 0.15) is 12.8 Å². The molecule has 0 radical (unpaired) electrons. The first kappa shape index (κ1) is 8.94. The highest BCUT2D eigenvalue weighted by Crippen LogP contribution is 2.18. The Morgan fingerprint density at radius 2 is 2.31 bits per heavy atom. The minimum absolute atomic E-state index is 0.102. The molecule has 0 aliphatic carbocycles. The van der Waals surface area contributed by atoms with Crippen LogP contribution >= 0.6 is 0 Å². The van der Waals surface area contributed by atoms with Crippen molar-refractivity contribution in [3.8, 4) is 0 Å². The Morgan fingerprint density at radius 3 is 2.85 bits per heavy atom. The second kappa shape index (κ2) is 3.62. The number of alkyl halides is 1. The van der Waals surface area contributed by atoms with Crippen molar-refractivity contribution in [3.63, 3.8) is 0 Å². The lowest BCUT2D eigenvalue weighted by Crippen LogP contribution is -2.35. The van der Waals surface area contributed by atoms with Crippen molar-refractivity contribution >= 4 is 5.91 Å². The van der Waals surface area contributed by atoms with Gasteiger partial charge in [-0.05, 0) is 19.4 Å². The van der Waals surface area contributed by atoms with Gasteiger partial charge in [0, 0.05) is 13.1 Å². The number of hydrogen-bond acceptors (Lipinski definition) is 2. The van der Waals surface area contributed by atoms with Crippen molar-refractivity contribution in [2.75, 3.05) is 26.2 Å². The van der Waals surface area contributed by atoms with E-state index < -0.39 is 6.17 Å². The summed E-state index contributed by atoms with van der Waals surface area (Å²) in [6.45, 7) is 2.61. The van der Waals surface area contributed by atoms with Crippen LogP contribution in [0.4, 0.5) is 4.39 Å². The lowest BCUT2D eigenvalue weighted by molar-refractivity contribution is -0.134. The summed E-state index contributed by atoms with van der Waals surface area (Å²) >= 11 is 0. The van der Waals surface area contributed by atoms with Gasteiger partial charge in [-0.2, -0.15) is 0 Å². The molecule has 0 saturated carbocycles. The molecule has 2 heterocycles. The number of carbonyl (C=O) groups is 1. The molecule has 3 nitrogen and oxygen atoms in total. The predicted molar refractivity (Wildman–Crippen MR) is 47.1 cm³/mol. The second-order valence-corrected chi connectivity index (χ2v) is 3.86. The SMILES string of the molecule is O=C([C@@H]1CCNC1)N1CC[C@H](F)C1. The highest BCUT2D eigenvalue weighted by molar-refractivity contribution is 5.79. The molecule has 0 bridgehead atoms. The van der Waals surface area contributed by atoms with E-state index in [1.165, 1.54) is 0 Å². The quantitative estimate of drug-likeness (QED) is 0.633.